The maximum Gasteiger partial charge on any atom is 0.217 e. The van der Waals surface area contributed by atoms with Crippen LogP contribution in [0.5, 0.6) is 0 Å². The summed E-state index contributed by atoms with van der Waals surface area (Å²) in [5, 5.41) is 0. The van der Waals surface area contributed by atoms with E-state index in [-0.39, 0.29) is 5.91 Å². The Kier molecular flexibility index (Phi) is 4.08. The molecule has 0 spiro atoms. The molecule has 1 amide bonds. The number of nitrogens with zero attached hydrogens (tertiary/aromatic N) is 3. The van der Waals surface area contributed by atoms with Crippen LogP contribution in [0.4, 0.5) is 5.82 Å². The van der Waals surface area contributed by atoms with Crippen LogP contribution in [-0.4, -0.2) is 29.0 Å². The summed E-state index contributed by atoms with van der Waals surface area (Å²) in [5.41, 5.74) is 7.94. The molecule has 2 N–H and O–H groups in total. The Morgan fingerprint density at radius 3 is 2.90 bits per heavy atom. The van der Waals surface area contributed by atoms with Gasteiger partial charge in [0, 0.05) is 30.8 Å². The van der Waals surface area contributed by atoms with Crippen LogP contribution in [0.3, 0.4) is 0 Å². The average molecular weight is 288 g/mol. The Balaban J connectivity index is 1.85. The largest absolute Gasteiger partial charge is 0.370 e. The number of rotatable bonds is 3. The van der Waals surface area contributed by atoms with Gasteiger partial charge in [0.25, 0.3) is 0 Å². The van der Waals surface area contributed by atoms with Crippen molar-refractivity contribution >= 4 is 11.7 Å². The fourth-order valence-corrected chi connectivity index (χ4v) is 3.66. The number of primary amides is 1. The number of hydrogen-bond donors (Lipinski definition) is 1. The van der Waals surface area contributed by atoms with Crippen molar-refractivity contribution in [3.05, 3.63) is 17.1 Å². The SMILES string of the molecule is Cc1nc2c(c(N3CCCC(CC(N)=O)C3)n1)CCCC2. The topological polar surface area (TPSA) is 72.1 Å². The lowest BCUT2D eigenvalue weighted by atomic mass is 9.92. The predicted molar refractivity (Wildman–Crippen MR) is 82.2 cm³/mol. The molecule has 0 radical (unpaired) electrons. The van der Waals surface area contributed by atoms with Crippen molar-refractivity contribution in [2.45, 2.75) is 51.9 Å². The fraction of sp³-hybridized carbons (Fsp3) is 0.688. The lowest BCUT2D eigenvalue weighted by Crippen LogP contribution is -2.38. The van der Waals surface area contributed by atoms with Crippen LogP contribution in [0.25, 0.3) is 0 Å². The molecule has 0 bridgehead atoms. The summed E-state index contributed by atoms with van der Waals surface area (Å²) in [5.74, 6) is 2.16. The van der Waals surface area contributed by atoms with Crippen LogP contribution in [0.15, 0.2) is 0 Å². The second kappa shape index (κ2) is 6.00. The Morgan fingerprint density at radius 2 is 2.10 bits per heavy atom. The molecule has 2 heterocycles. The number of carbonyl (C=O) groups is 1. The minimum Gasteiger partial charge on any atom is -0.370 e. The normalized spacial score (nSPS) is 22.0. The number of amides is 1. The van der Waals surface area contributed by atoms with Gasteiger partial charge in [-0.2, -0.15) is 0 Å². The van der Waals surface area contributed by atoms with Crippen molar-refractivity contribution in [3.8, 4) is 0 Å². The molecule has 1 fully saturated rings. The van der Waals surface area contributed by atoms with Gasteiger partial charge in [0.15, 0.2) is 0 Å². The van der Waals surface area contributed by atoms with E-state index in [1.54, 1.807) is 0 Å². The number of nitrogens with two attached hydrogens (primary N) is 1. The summed E-state index contributed by atoms with van der Waals surface area (Å²) < 4.78 is 0. The molecular formula is C16H24N4O. The third-order valence-corrected chi connectivity index (χ3v) is 4.58. The molecule has 3 rings (SSSR count). The van der Waals surface area contributed by atoms with Crippen LogP contribution in [-0.2, 0) is 17.6 Å². The minimum atomic E-state index is -0.192. The maximum atomic E-state index is 11.2. The standard InChI is InChI=1S/C16H24N4O/c1-11-18-14-7-3-2-6-13(14)16(19-11)20-8-4-5-12(10-20)9-15(17)21/h12H,2-10H2,1H3,(H2,17,21). The van der Waals surface area contributed by atoms with E-state index in [0.717, 1.165) is 50.4 Å². The van der Waals surface area contributed by atoms with E-state index in [1.165, 1.54) is 24.1 Å². The average Bonchev–Trinajstić information content (AvgIpc) is 2.46. The molecule has 1 unspecified atom stereocenters. The summed E-state index contributed by atoms with van der Waals surface area (Å²) in [7, 11) is 0. The van der Waals surface area contributed by atoms with E-state index in [9.17, 15) is 4.79 Å². The molecular weight excluding hydrogens is 264 g/mol. The van der Waals surface area contributed by atoms with Crippen molar-refractivity contribution in [1.82, 2.24) is 9.97 Å². The zero-order chi connectivity index (χ0) is 14.8. The number of carbonyl (C=O) groups excluding carboxylic acids is 1. The monoisotopic (exact) mass is 288 g/mol. The fourth-order valence-electron chi connectivity index (χ4n) is 3.66. The van der Waals surface area contributed by atoms with Crippen LogP contribution < -0.4 is 10.6 Å². The van der Waals surface area contributed by atoms with E-state index >= 15 is 0 Å². The van der Waals surface area contributed by atoms with E-state index < -0.39 is 0 Å². The molecule has 5 nitrogen and oxygen atoms in total. The zero-order valence-electron chi connectivity index (χ0n) is 12.8. The van der Waals surface area contributed by atoms with Crippen molar-refractivity contribution in [1.29, 1.82) is 0 Å². The number of piperidine rings is 1. The molecule has 114 valence electrons. The molecule has 0 aromatic carbocycles. The molecule has 1 aromatic rings. The number of aryl methyl sites for hydroxylation is 2. The highest BCUT2D eigenvalue weighted by molar-refractivity contribution is 5.74. The van der Waals surface area contributed by atoms with E-state index in [2.05, 4.69) is 9.88 Å². The van der Waals surface area contributed by atoms with Gasteiger partial charge in [0.05, 0.1) is 0 Å². The molecule has 1 saturated heterocycles. The van der Waals surface area contributed by atoms with E-state index in [4.69, 9.17) is 10.7 Å². The molecule has 1 atom stereocenters. The molecule has 1 aliphatic heterocycles. The number of hydrogen-bond acceptors (Lipinski definition) is 4. The Morgan fingerprint density at radius 1 is 1.29 bits per heavy atom. The quantitative estimate of drug-likeness (QED) is 0.920. The van der Waals surface area contributed by atoms with Crippen LogP contribution in [0.2, 0.25) is 0 Å². The van der Waals surface area contributed by atoms with E-state index in [1.807, 2.05) is 6.92 Å². The third-order valence-electron chi connectivity index (χ3n) is 4.58. The Hall–Kier alpha value is -1.65. The number of anilines is 1. The van der Waals surface area contributed by atoms with Crippen LogP contribution in [0.1, 0.15) is 49.2 Å². The first-order valence-corrected chi connectivity index (χ1v) is 8.03. The van der Waals surface area contributed by atoms with Gasteiger partial charge in [-0.25, -0.2) is 9.97 Å². The summed E-state index contributed by atoms with van der Waals surface area (Å²) in [6.45, 7) is 3.90. The lowest BCUT2D eigenvalue weighted by molar-refractivity contribution is -0.118. The van der Waals surface area contributed by atoms with E-state index in [0.29, 0.717) is 12.3 Å². The van der Waals surface area contributed by atoms with Gasteiger partial charge in [-0.05, 0) is 51.4 Å². The molecule has 21 heavy (non-hydrogen) atoms. The highest BCUT2D eigenvalue weighted by Gasteiger charge is 2.26. The first-order valence-electron chi connectivity index (χ1n) is 8.03. The summed E-state index contributed by atoms with van der Waals surface area (Å²) in [6, 6.07) is 0. The molecule has 0 saturated carbocycles. The van der Waals surface area contributed by atoms with Gasteiger partial charge in [0.1, 0.15) is 11.6 Å². The van der Waals surface area contributed by atoms with Gasteiger partial charge < -0.3 is 10.6 Å². The van der Waals surface area contributed by atoms with Crippen molar-refractivity contribution < 1.29 is 4.79 Å². The van der Waals surface area contributed by atoms with Gasteiger partial charge in [0.2, 0.25) is 5.91 Å². The van der Waals surface area contributed by atoms with Gasteiger partial charge in [-0.15, -0.1) is 0 Å². The number of fused-ring (bicyclic) bond motifs is 1. The first kappa shape index (κ1) is 14.3. The number of aromatic nitrogens is 2. The highest BCUT2D eigenvalue weighted by atomic mass is 16.1. The predicted octanol–water partition coefficient (Wildman–Crippen LogP) is 1.76. The maximum absolute atomic E-state index is 11.2. The first-order chi connectivity index (χ1) is 10.1. The van der Waals surface area contributed by atoms with Gasteiger partial charge in [-0.3, -0.25) is 4.79 Å². The molecule has 5 heteroatoms. The second-order valence-electron chi connectivity index (χ2n) is 6.35. The summed E-state index contributed by atoms with van der Waals surface area (Å²) in [4.78, 5) is 22.9. The third kappa shape index (κ3) is 3.17. The molecule has 1 aromatic heterocycles. The molecule has 1 aliphatic carbocycles. The van der Waals surface area contributed by atoms with Crippen LogP contribution >= 0.6 is 0 Å². The second-order valence-corrected chi connectivity index (χ2v) is 6.35. The van der Waals surface area contributed by atoms with Crippen molar-refractivity contribution in [3.63, 3.8) is 0 Å². The van der Waals surface area contributed by atoms with Gasteiger partial charge >= 0.3 is 0 Å². The lowest BCUT2D eigenvalue weighted by Gasteiger charge is -2.35. The smallest absolute Gasteiger partial charge is 0.217 e. The zero-order valence-corrected chi connectivity index (χ0v) is 12.8. The summed E-state index contributed by atoms with van der Waals surface area (Å²) in [6.07, 6.45) is 7.30. The Bertz CT molecular complexity index is 543. The van der Waals surface area contributed by atoms with Gasteiger partial charge in [-0.1, -0.05) is 0 Å². The highest BCUT2D eigenvalue weighted by Crippen LogP contribution is 2.31. The summed E-state index contributed by atoms with van der Waals surface area (Å²) >= 11 is 0. The molecule has 2 aliphatic rings. The minimum absolute atomic E-state index is 0.192. The van der Waals surface area contributed by atoms with Crippen molar-refractivity contribution in [2.24, 2.45) is 11.7 Å². The van der Waals surface area contributed by atoms with Crippen molar-refractivity contribution in [2.75, 3.05) is 18.0 Å². The van der Waals surface area contributed by atoms with Crippen LogP contribution in [0, 0.1) is 12.8 Å². The Labute approximate surface area is 125 Å².